The van der Waals surface area contributed by atoms with Crippen LogP contribution >= 0.6 is 0 Å². The van der Waals surface area contributed by atoms with Crippen molar-refractivity contribution in [1.29, 1.82) is 0 Å². The van der Waals surface area contributed by atoms with E-state index in [9.17, 15) is 4.79 Å². The Labute approximate surface area is 142 Å². The molecule has 0 radical (unpaired) electrons. The SMILES string of the molecule is COc1ccc(C[C@H]2C(=O)OC[C@@H]2Cc2ccccc2)cc1OC. The molecular formula is C20H22O4. The number of esters is 1. The third-order valence-corrected chi connectivity index (χ3v) is 4.56. The summed E-state index contributed by atoms with van der Waals surface area (Å²) in [5.74, 6) is 1.35. The van der Waals surface area contributed by atoms with E-state index in [1.54, 1.807) is 14.2 Å². The molecule has 24 heavy (non-hydrogen) atoms. The minimum atomic E-state index is -0.122. The summed E-state index contributed by atoms with van der Waals surface area (Å²) in [6.07, 6.45) is 1.50. The number of hydrogen-bond acceptors (Lipinski definition) is 4. The molecule has 0 amide bonds. The van der Waals surface area contributed by atoms with Gasteiger partial charge in [-0.3, -0.25) is 4.79 Å². The van der Waals surface area contributed by atoms with Crippen molar-refractivity contribution < 1.29 is 19.0 Å². The van der Waals surface area contributed by atoms with Crippen molar-refractivity contribution in [2.75, 3.05) is 20.8 Å². The molecule has 3 rings (SSSR count). The van der Waals surface area contributed by atoms with Crippen LogP contribution in [0.3, 0.4) is 0 Å². The van der Waals surface area contributed by atoms with E-state index >= 15 is 0 Å². The Bertz CT molecular complexity index is 696. The standard InChI is InChI=1S/C20H22O4/c1-22-18-9-8-15(12-19(18)23-2)11-17-16(13-24-20(17)21)10-14-6-4-3-5-7-14/h3-9,12,16-17H,10-11,13H2,1-2H3/t16-,17+/m0/s1. The van der Waals surface area contributed by atoms with Crippen molar-refractivity contribution in [3.63, 3.8) is 0 Å². The Balaban J connectivity index is 1.75. The third-order valence-electron chi connectivity index (χ3n) is 4.56. The number of cyclic esters (lactones) is 1. The maximum Gasteiger partial charge on any atom is 0.309 e. The van der Waals surface area contributed by atoms with Gasteiger partial charge in [0.1, 0.15) is 0 Å². The Kier molecular flexibility index (Phi) is 5.04. The van der Waals surface area contributed by atoms with Crippen molar-refractivity contribution in [3.8, 4) is 11.5 Å². The minimum absolute atomic E-state index is 0.106. The lowest BCUT2D eigenvalue weighted by molar-refractivity contribution is -0.141. The molecule has 0 spiro atoms. The normalized spacial score (nSPS) is 19.8. The van der Waals surface area contributed by atoms with Crippen LogP contribution in [0.15, 0.2) is 48.5 Å². The first-order valence-corrected chi connectivity index (χ1v) is 8.12. The van der Waals surface area contributed by atoms with Crippen LogP contribution < -0.4 is 9.47 Å². The highest BCUT2D eigenvalue weighted by Gasteiger charge is 2.36. The monoisotopic (exact) mass is 326 g/mol. The number of methoxy groups -OCH3 is 2. The minimum Gasteiger partial charge on any atom is -0.493 e. The fourth-order valence-corrected chi connectivity index (χ4v) is 3.23. The lowest BCUT2D eigenvalue weighted by Gasteiger charge is -2.16. The van der Waals surface area contributed by atoms with Crippen molar-refractivity contribution in [2.45, 2.75) is 12.8 Å². The first kappa shape index (κ1) is 16.4. The maximum absolute atomic E-state index is 12.2. The van der Waals surface area contributed by atoms with Gasteiger partial charge in [0.25, 0.3) is 0 Å². The molecule has 1 fully saturated rings. The molecule has 2 aromatic rings. The summed E-state index contributed by atoms with van der Waals surface area (Å²) in [7, 11) is 3.23. The van der Waals surface area contributed by atoms with Gasteiger partial charge in [0.15, 0.2) is 11.5 Å². The van der Waals surface area contributed by atoms with Crippen molar-refractivity contribution in [1.82, 2.24) is 0 Å². The van der Waals surface area contributed by atoms with Crippen molar-refractivity contribution in [2.24, 2.45) is 11.8 Å². The van der Waals surface area contributed by atoms with E-state index in [4.69, 9.17) is 14.2 Å². The second kappa shape index (κ2) is 7.39. The van der Waals surface area contributed by atoms with Gasteiger partial charge in [0, 0.05) is 5.92 Å². The first-order valence-electron chi connectivity index (χ1n) is 8.12. The van der Waals surface area contributed by atoms with Crippen LogP contribution in [0.4, 0.5) is 0 Å². The molecule has 1 heterocycles. The van der Waals surface area contributed by atoms with Gasteiger partial charge >= 0.3 is 5.97 Å². The van der Waals surface area contributed by atoms with Crippen LogP contribution in [0.25, 0.3) is 0 Å². The van der Waals surface area contributed by atoms with E-state index in [-0.39, 0.29) is 17.8 Å². The molecule has 0 saturated carbocycles. The van der Waals surface area contributed by atoms with Crippen LogP contribution in [0.1, 0.15) is 11.1 Å². The zero-order chi connectivity index (χ0) is 16.9. The number of ether oxygens (including phenoxy) is 3. The molecule has 126 valence electrons. The summed E-state index contributed by atoms with van der Waals surface area (Å²) in [4.78, 5) is 12.2. The molecule has 0 aliphatic carbocycles. The summed E-state index contributed by atoms with van der Waals surface area (Å²) >= 11 is 0. The van der Waals surface area contributed by atoms with Gasteiger partial charge in [-0.15, -0.1) is 0 Å². The summed E-state index contributed by atoms with van der Waals surface area (Å²) in [5.41, 5.74) is 2.28. The highest BCUT2D eigenvalue weighted by atomic mass is 16.5. The zero-order valence-corrected chi connectivity index (χ0v) is 14.0. The maximum atomic E-state index is 12.2. The number of hydrogen-bond donors (Lipinski definition) is 0. The number of rotatable bonds is 6. The van der Waals surface area contributed by atoms with Crippen LogP contribution in [0.2, 0.25) is 0 Å². The molecule has 1 saturated heterocycles. The molecule has 0 aromatic heterocycles. The zero-order valence-electron chi connectivity index (χ0n) is 14.0. The molecule has 1 aliphatic heterocycles. The predicted octanol–water partition coefficient (Wildman–Crippen LogP) is 3.28. The van der Waals surface area contributed by atoms with Crippen LogP contribution in [-0.2, 0) is 22.4 Å². The van der Waals surface area contributed by atoms with Gasteiger partial charge in [-0.2, -0.15) is 0 Å². The number of benzene rings is 2. The van der Waals surface area contributed by atoms with Crippen molar-refractivity contribution >= 4 is 5.97 Å². The van der Waals surface area contributed by atoms with Gasteiger partial charge in [0.2, 0.25) is 0 Å². The fraction of sp³-hybridized carbons (Fsp3) is 0.350. The van der Waals surface area contributed by atoms with Crippen molar-refractivity contribution in [3.05, 3.63) is 59.7 Å². The molecule has 4 heteroatoms. The Hall–Kier alpha value is -2.49. The topological polar surface area (TPSA) is 44.8 Å². The quantitative estimate of drug-likeness (QED) is 0.764. The van der Waals surface area contributed by atoms with E-state index in [0.717, 1.165) is 12.0 Å². The van der Waals surface area contributed by atoms with E-state index < -0.39 is 0 Å². The van der Waals surface area contributed by atoms with E-state index in [1.165, 1.54) is 5.56 Å². The number of carbonyl (C=O) groups is 1. The lowest BCUT2D eigenvalue weighted by atomic mass is 9.85. The van der Waals surface area contributed by atoms with Crippen LogP contribution in [-0.4, -0.2) is 26.8 Å². The van der Waals surface area contributed by atoms with Gasteiger partial charge in [0.05, 0.1) is 26.7 Å². The van der Waals surface area contributed by atoms with Crippen LogP contribution in [0, 0.1) is 11.8 Å². The van der Waals surface area contributed by atoms with E-state index in [1.807, 2.05) is 36.4 Å². The molecule has 0 unspecified atom stereocenters. The average Bonchev–Trinajstić information content (AvgIpc) is 2.96. The summed E-state index contributed by atoms with van der Waals surface area (Å²) in [6, 6.07) is 16.0. The smallest absolute Gasteiger partial charge is 0.309 e. The largest absolute Gasteiger partial charge is 0.493 e. The van der Waals surface area contributed by atoms with E-state index in [2.05, 4.69) is 12.1 Å². The first-order chi connectivity index (χ1) is 11.7. The van der Waals surface area contributed by atoms with Crippen LogP contribution in [0.5, 0.6) is 11.5 Å². The second-order valence-electron chi connectivity index (χ2n) is 6.08. The summed E-state index contributed by atoms with van der Waals surface area (Å²) < 4.78 is 15.9. The fourth-order valence-electron chi connectivity index (χ4n) is 3.23. The third kappa shape index (κ3) is 3.53. The number of carbonyl (C=O) groups excluding carboxylic acids is 1. The molecule has 0 N–H and O–H groups in total. The molecule has 2 aromatic carbocycles. The summed E-state index contributed by atoms with van der Waals surface area (Å²) in [5, 5.41) is 0. The van der Waals surface area contributed by atoms with Gasteiger partial charge in [-0.05, 0) is 36.1 Å². The average molecular weight is 326 g/mol. The molecular weight excluding hydrogens is 304 g/mol. The molecule has 0 bridgehead atoms. The second-order valence-corrected chi connectivity index (χ2v) is 6.08. The molecule has 4 nitrogen and oxygen atoms in total. The highest BCUT2D eigenvalue weighted by Crippen LogP contribution is 2.32. The highest BCUT2D eigenvalue weighted by molar-refractivity contribution is 5.75. The van der Waals surface area contributed by atoms with Gasteiger partial charge in [-0.25, -0.2) is 0 Å². The van der Waals surface area contributed by atoms with E-state index in [0.29, 0.717) is 24.5 Å². The molecule has 1 aliphatic rings. The molecule has 2 atom stereocenters. The summed E-state index contributed by atoms with van der Waals surface area (Å²) in [6.45, 7) is 0.492. The van der Waals surface area contributed by atoms with Gasteiger partial charge < -0.3 is 14.2 Å². The Morgan fingerprint density at radius 1 is 0.958 bits per heavy atom. The Morgan fingerprint density at radius 2 is 1.71 bits per heavy atom. The Morgan fingerprint density at radius 3 is 2.42 bits per heavy atom. The van der Waals surface area contributed by atoms with Gasteiger partial charge in [-0.1, -0.05) is 36.4 Å². The predicted molar refractivity (Wildman–Crippen MR) is 91.3 cm³/mol. The lowest BCUT2D eigenvalue weighted by Crippen LogP contribution is -2.20.